The highest BCUT2D eigenvalue weighted by molar-refractivity contribution is 8.03. The zero-order valence-corrected chi connectivity index (χ0v) is 10.5. The zero-order chi connectivity index (χ0) is 10.9. The Kier molecular flexibility index (Phi) is 6.26. The molecule has 1 rings (SSSR count). The predicted octanol–water partition coefficient (Wildman–Crippen LogP) is 5.26. The monoisotopic (exact) mass is 220 g/mol. The lowest BCUT2D eigenvalue weighted by molar-refractivity contribution is 0.912. The van der Waals surface area contributed by atoms with Crippen molar-refractivity contribution >= 4 is 11.8 Å². The fourth-order valence-electron chi connectivity index (χ4n) is 1.39. The number of hydrogen-bond donors (Lipinski definition) is 0. The lowest BCUT2D eigenvalue weighted by Gasteiger charge is -2.05. The van der Waals surface area contributed by atoms with Gasteiger partial charge < -0.3 is 0 Å². The molecule has 0 aliphatic carbocycles. The van der Waals surface area contributed by atoms with Crippen LogP contribution in [0.1, 0.15) is 39.5 Å². The Hall–Kier alpha value is -0.690. The first-order chi connectivity index (χ1) is 7.36. The summed E-state index contributed by atoms with van der Waals surface area (Å²) in [4.78, 5) is 2.87. The largest absolute Gasteiger partial charge is 0.0949 e. The molecule has 0 bridgehead atoms. The summed E-state index contributed by atoms with van der Waals surface area (Å²) >= 11 is 1.91. The Bertz CT molecular complexity index is 287. The van der Waals surface area contributed by atoms with E-state index < -0.39 is 0 Å². The second-order valence-electron chi connectivity index (χ2n) is 3.62. The van der Waals surface area contributed by atoms with Crippen LogP contribution in [0.2, 0.25) is 0 Å². The Morgan fingerprint density at radius 1 is 1.13 bits per heavy atom. The first-order valence-electron chi connectivity index (χ1n) is 5.78. The van der Waals surface area contributed by atoms with Crippen molar-refractivity contribution in [3.8, 4) is 0 Å². The summed E-state index contributed by atoms with van der Waals surface area (Å²) in [6, 6.07) is 10.6. The molecule has 1 aromatic carbocycles. The maximum Gasteiger partial charge on any atom is 0.0118 e. The molecule has 0 N–H and O–H groups in total. The van der Waals surface area contributed by atoms with Crippen molar-refractivity contribution in [2.45, 2.75) is 44.4 Å². The summed E-state index contributed by atoms with van der Waals surface area (Å²) < 4.78 is 0. The molecule has 0 amide bonds. The molecule has 0 aliphatic rings. The minimum absolute atomic E-state index is 1.20. The first-order valence-corrected chi connectivity index (χ1v) is 6.60. The maximum atomic E-state index is 2.39. The van der Waals surface area contributed by atoms with E-state index in [0.717, 1.165) is 0 Å². The number of rotatable bonds is 6. The van der Waals surface area contributed by atoms with E-state index in [4.69, 9.17) is 0 Å². The van der Waals surface area contributed by atoms with Gasteiger partial charge in [0.05, 0.1) is 0 Å². The van der Waals surface area contributed by atoms with Crippen LogP contribution in [0.4, 0.5) is 0 Å². The summed E-state index contributed by atoms with van der Waals surface area (Å²) in [6.07, 6.45) is 7.27. The second kappa shape index (κ2) is 7.58. The number of allylic oxidation sites excluding steroid dienone is 2. The van der Waals surface area contributed by atoms with Crippen molar-refractivity contribution < 1.29 is 0 Å². The number of benzene rings is 1. The SMILES string of the molecule is CCC/C=C(\CCC)Sc1ccccc1. The highest BCUT2D eigenvalue weighted by atomic mass is 32.2. The van der Waals surface area contributed by atoms with Crippen LogP contribution in [0.25, 0.3) is 0 Å². The fraction of sp³-hybridized carbons (Fsp3) is 0.429. The molecule has 0 spiro atoms. The Morgan fingerprint density at radius 3 is 2.47 bits per heavy atom. The Labute approximate surface area is 97.8 Å². The maximum absolute atomic E-state index is 2.39. The third-order valence-electron chi connectivity index (χ3n) is 2.15. The lowest BCUT2D eigenvalue weighted by Crippen LogP contribution is -1.79. The molecule has 0 aromatic heterocycles. The average molecular weight is 220 g/mol. The van der Waals surface area contributed by atoms with Crippen molar-refractivity contribution in [2.24, 2.45) is 0 Å². The molecule has 1 aromatic rings. The van der Waals surface area contributed by atoms with E-state index in [2.05, 4.69) is 50.3 Å². The van der Waals surface area contributed by atoms with E-state index in [0.29, 0.717) is 0 Å². The molecule has 0 unspecified atom stereocenters. The number of unbranched alkanes of at least 4 members (excludes halogenated alkanes) is 1. The van der Waals surface area contributed by atoms with Crippen molar-refractivity contribution in [2.75, 3.05) is 0 Å². The van der Waals surface area contributed by atoms with Crippen molar-refractivity contribution in [1.29, 1.82) is 0 Å². The van der Waals surface area contributed by atoms with Gasteiger partial charge in [-0.2, -0.15) is 0 Å². The molecule has 0 saturated heterocycles. The van der Waals surface area contributed by atoms with Crippen molar-refractivity contribution in [3.05, 3.63) is 41.3 Å². The number of thioether (sulfide) groups is 1. The van der Waals surface area contributed by atoms with Crippen LogP contribution in [0.3, 0.4) is 0 Å². The van der Waals surface area contributed by atoms with Gasteiger partial charge in [0.15, 0.2) is 0 Å². The van der Waals surface area contributed by atoms with Crippen LogP contribution in [0.5, 0.6) is 0 Å². The minimum Gasteiger partial charge on any atom is -0.0949 e. The van der Waals surface area contributed by atoms with Crippen molar-refractivity contribution in [3.63, 3.8) is 0 Å². The van der Waals surface area contributed by atoms with E-state index in [1.165, 1.54) is 35.5 Å². The summed E-state index contributed by atoms with van der Waals surface area (Å²) in [5.74, 6) is 0. The molecule has 0 atom stereocenters. The minimum atomic E-state index is 1.20. The van der Waals surface area contributed by atoms with Crippen LogP contribution in [-0.2, 0) is 0 Å². The normalized spacial score (nSPS) is 11.7. The van der Waals surface area contributed by atoms with Gasteiger partial charge in [-0.25, -0.2) is 0 Å². The van der Waals surface area contributed by atoms with Gasteiger partial charge in [-0.3, -0.25) is 0 Å². The summed E-state index contributed by atoms with van der Waals surface area (Å²) in [5, 5.41) is 0. The highest BCUT2D eigenvalue weighted by Gasteiger charge is 1.98. The van der Waals surface area contributed by atoms with E-state index in [1.54, 1.807) is 0 Å². The summed E-state index contributed by atoms with van der Waals surface area (Å²) in [6.45, 7) is 4.47. The van der Waals surface area contributed by atoms with Crippen LogP contribution in [0, 0.1) is 0 Å². The number of hydrogen-bond acceptors (Lipinski definition) is 1. The lowest BCUT2D eigenvalue weighted by atomic mass is 10.2. The Balaban J connectivity index is 2.58. The van der Waals surface area contributed by atoms with Crippen LogP contribution in [-0.4, -0.2) is 0 Å². The van der Waals surface area contributed by atoms with Crippen LogP contribution >= 0.6 is 11.8 Å². The molecular formula is C14H20S. The Morgan fingerprint density at radius 2 is 1.87 bits per heavy atom. The average Bonchev–Trinajstić information content (AvgIpc) is 2.28. The van der Waals surface area contributed by atoms with Crippen molar-refractivity contribution in [1.82, 2.24) is 0 Å². The summed E-state index contributed by atoms with van der Waals surface area (Å²) in [7, 11) is 0. The third kappa shape index (κ3) is 5.08. The van der Waals surface area contributed by atoms with Gasteiger partial charge in [0.1, 0.15) is 0 Å². The van der Waals surface area contributed by atoms with E-state index >= 15 is 0 Å². The van der Waals surface area contributed by atoms with Gasteiger partial charge in [-0.05, 0) is 29.9 Å². The van der Waals surface area contributed by atoms with Crippen LogP contribution in [0.15, 0.2) is 46.2 Å². The molecule has 0 heterocycles. The quantitative estimate of drug-likeness (QED) is 0.589. The van der Waals surface area contributed by atoms with Gasteiger partial charge in [-0.15, -0.1) is 0 Å². The van der Waals surface area contributed by atoms with Gasteiger partial charge in [0, 0.05) is 4.90 Å². The van der Waals surface area contributed by atoms with E-state index in [-0.39, 0.29) is 0 Å². The second-order valence-corrected chi connectivity index (χ2v) is 4.82. The predicted molar refractivity (Wildman–Crippen MR) is 70.2 cm³/mol. The molecule has 82 valence electrons. The van der Waals surface area contributed by atoms with E-state index in [9.17, 15) is 0 Å². The topological polar surface area (TPSA) is 0 Å². The molecular weight excluding hydrogens is 200 g/mol. The standard InChI is InChI=1S/C14H20S/c1-3-5-10-13(9-4-2)15-14-11-7-6-8-12-14/h6-8,10-12H,3-5,9H2,1-2H3/b13-10+. The molecule has 0 saturated carbocycles. The first kappa shape index (κ1) is 12.4. The highest BCUT2D eigenvalue weighted by Crippen LogP contribution is 2.29. The van der Waals surface area contributed by atoms with Gasteiger partial charge >= 0.3 is 0 Å². The molecule has 1 heteroatoms. The zero-order valence-electron chi connectivity index (χ0n) is 9.70. The van der Waals surface area contributed by atoms with Gasteiger partial charge in [0.2, 0.25) is 0 Å². The third-order valence-corrected chi connectivity index (χ3v) is 3.29. The fourth-order valence-corrected chi connectivity index (χ4v) is 2.49. The molecule has 0 nitrogen and oxygen atoms in total. The summed E-state index contributed by atoms with van der Waals surface area (Å²) in [5.41, 5.74) is 0. The molecule has 0 fully saturated rings. The van der Waals surface area contributed by atoms with Gasteiger partial charge in [0.25, 0.3) is 0 Å². The van der Waals surface area contributed by atoms with Crippen LogP contribution < -0.4 is 0 Å². The van der Waals surface area contributed by atoms with Gasteiger partial charge in [-0.1, -0.05) is 62.7 Å². The van der Waals surface area contributed by atoms with E-state index in [1.807, 2.05) is 11.8 Å². The molecule has 0 aliphatic heterocycles. The smallest absolute Gasteiger partial charge is 0.0118 e. The molecule has 0 radical (unpaired) electrons. The molecule has 15 heavy (non-hydrogen) atoms.